The first-order valence-electron chi connectivity index (χ1n) is 8.45. The van der Waals surface area contributed by atoms with Crippen LogP contribution in [-0.4, -0.2) is 36.0 Å². The maximum absolute atomic E-state index is 11.4. The Labute approximate surface area is 173 Å². The van der Waals surface area contributed by atoms with Crippen LogP contribution >= 0.6 is 11.6 Å². The van der Waals surface area contributed by atoms with E-state index in [1.807, 2.05) is 18.2 Å². The number of H-pyrrole nitrogens is 1. The molecular weight excluding hydrogens is 414 g/mol. The molecular formula is C18H16ClN7O2S. The van der Waals surface area contributed by atoms with Crippen LogP contribution in [0.2, 0.25) is 5.02 Å². The highest BCUT2D eigenvalue weighted by molar-refractivity contribution is 7.80. The summed E-state index contributed by atoms with van der Waals surface area (Å²) in [5.41, 5.74) is 2.76. The van der Waals surface area contributed by atoms with E-state index in [0.717, 1.165) is 16.6 Å². The predicted octanol–water partition coefficient (Wildman–Crippen LogP) is 4.07. The van der Waals surface area contributed by atoms with Gasteiger partial charge >= 0.3 is 0 Å². The largest absolute Gasteiger partial charge is 0.337 e. The van der Waals surface area contributed by atoms with Crippen molar-refractivity contribution in [1.82, 2.24) is 20.2 Å². The molecule has 0 bridgehead atoms. The zero-order valence-electron chi connectivity index (χ0n) is 15.1. The van der Waals surface area contributed by atoms with Gasteiger partial charge in [0.1, 0.15) is 5.02 Å². The minimum atomic E-state index is -2.17. The third-order valence-corrected chi connectivity index (χ3v) is 5.11. The molecule has 0 aliphatic rings. The summed E-state index contributed by atoms with van der Waals surface area (Å²) < 4.78 is 22.1. The molecule has 0 saturated heterocycles. The van der Waals surface area contributed by atoms with Crippen LogP contribution in [0, 0.1) is 0 Å². The second-order valence-electron chi connectivity index (χ2n) is 6.06. The highest BCUT2D eigenvalue weighted by atomic mass is 35.5. The predicted molar refractivity (Wildman–Crippen MR) is 115 cm³/mol. The first kappa shape index (κ1) is 19.1. The summed E-state index contributed by atoms with van der Waals surface area (Å²) in [6.45, 7) is 0. The van der Waals surface area contributed by atoms with E-state index in [4.69, 9.17) is 11.6 Å². The monoisotopic (exact) mass is 429 g/mol. The quantitative estimate of drug-likeness (QED) is 0.341. The number of fused-ring (bicyclic) bond motifs is 1. The van der Waals surface area contributed by atoms with Gasteiger partial charge < -0.3 is 10.6 Å². The Morgan fingerprint density at radius 1 is 1.17 bits per heavy atom. The van der Waals surface area contributed by atoms with Gasteiger partial charge in [-0.25, -0.2) is 9.19 Å². The number of nitrogens with one attached hydrogen (secondary N) is 3. The molecule has 2 aromatic carbocycles. The lowest BCUT2D eigenvalue weighted by atomic mass is 10.2. The first-order chi connectivity index (χ1) is 14.0. The molecule has 4 aromatic rings. The molecule has 29 heavy (non-hydrogen) atoms. The van der Waals surface area contributed by atoms with Gasteiger partial charge in [0.05, 0.1) is 29.3 Å². The molecule has 148 valence electrons. The molecule has 0 aliphatic heterocycles. The fourth-order valence-electron chi connectivity index (χ4n) is 2.72. The van der Waals surface area contributed by atoms with E-state index >= 15 is 0 Å². The zero-order valence-corrected chi connectivity index (χ0v) is 16.7. The van der Waals surface area contributed by atoms with Crippen LogP contribution in [0.4, 0.5) is 28.8 Å². The third kappa shape index (κ3) is 4.14. The van der Waals surface area contributed by atoms with E-state index in [0.29, 0.717) is 28.2 Å². The second kappa shape index (κ2) is 8.03. The van der Waals surface area contributed by atoms with Crippen molar-refractivity contribution in [3.63, 3.8) is 0 Å². The molecule has 4 rings (SSSR count). The normalized spacial score (nSPS) is 12.0. The van der Waals surface area contributed by atoms with Gasteiger partial charge in [-0.05, 0) is 30.3 Å². The smallest absolute Gasteiger partial charge is 0.261 e. The molecule has 0 saturated carbocycles. The molecule has 0 fully saturated rings. The number of aromatic nitrogens is 4. The maximum Gasteiger partial charge on any atom is 0.261 e. The number of halogens is 1. The summed E-state index contributed by atoms with van der Waals surface area (Å²) >= 11 is 4.09. The van der Waals surface area contributed by atoms with Crippen molar-refractivity contribution in [3.05, 3.63) is 59.9 Å². The van der Waals surface area contributed by atoms with Crippen LogP contribution in [0.1, 0.15) is 0 Å². The van der Waals surface area contributed by atoms with Crippen LogP contribution in [-0.2, 0) is 11.3 Å². The average Bonchev–Trinajstić information content (AvgIpc) is 3.18. The van der Waals surface area contributed by atoms with Crippen molar-refractivity contribution in [2.45, 2.75) is 0 Å². The van der Waals surface area contributed by atoms with Crippen molar-refractivity contribution in [3.8, 4) is 0 Å². The van der Waals surface area contributed by atoms with Crippen LogP contribution in [0.3, 0.4) is 0 Å². The van der Waals surface area contributed by atoms with Gasteiger partial charge in [-0.1, -0.05) is 23.7 Å². The Morgan fingerprint density at radius 2 is 2.00 bits per heavy atom. The Morgan fingerprint density at radius 3 is 2.83 bits per heavy atom. The summed E-state index contributed by atoms with van der Waals surface area (Å²) in [4.78, 5) is 8.64. The Kier molecular flexibility index (Phi) is 5.30. The summed E-state index contributed by atoms with van der Waals surface area (Å²) in [6, 6.07) is 12.8. The van der Waals surface area contributed by atoms with E-state index < -0.39 is 11.3 Å². The topological polar surface area (TPSA) is 119 Å². The van der Waals surface area contributed by atoms with Gasteiger partial charge in [-0.3, -0.25) is 14.0 Å². The fraction of sp³-hybridized carbons (Fsp3) is 0.0556. The van der Waals surface area contributed by atoms with E-state index in [1.54, 1.807) is 30.5 Å². The molecule has 2 aromatic heterocycles. The molecule has 1 atom stereocenters. The molecule has 0 spiro atoms. The Hall–Kier alpha value is -3.21. The maximum atomic E-state index is 11.4. The standard InChI is InChI=1S/C18H16ClN7O2S/c1-26(29(27)28)16-5-3-2-4-14(16)23-17-13(19)10-20-18(24-17)22-12-7-6-11-9-21-25-15(11)8-12/h2-10H,1H3,(H,21,25)(H,27,28)(H2,20,22,23,24). The lowest BCUT2D eigenvalue weighted by molar-refractivity contribution is 0.562. The average molecular weight is 430 g/mol. The molecule has 9 nitrogen and oxygen atoms in total. The van der Waals surface area contributed by atoms with Gasteiger partial charge in [0.2, 0.25) is 5.95 Å². The Bertz CT molecular complexity index is 1200. The minimum absolute atomic E-state index is 0.308. The summed E-state index contributed by atoms with van der Waals surface area (Å²) in [6.07, 6.45) is 3.22. The highest BCUT2D eigenvalue weighted by Crippen LogP contribution is 2.31. The SMILES string of the molecule is CN(c1ccccc1Nc1nc(Nc2ccc3cn[nH]c3c2)ncc1Cl)S(=O)O. The summed E-state index contributed by atoms with van der Waals surface area (Å²) in [5.74, 6) is 0.698. The second-order valence-corrected chi connectivity index (χ2v) is 7.47. The van der Waals surface area contributed by atoms with Gasteiger partial charge in [0.25, 0.3) is 11.3 Å². The minimum Gasteiger partial charge on any atom is -0.337 e. The molecule has 4 N–H and O–H groups in total. The Balaban J connectivity index is 1.62. The number of hydrogen-bond acceptors (Lipinski definition) is 6. The molecule has 0 amide bonds. The first-order valence-corrected chi connectivity index (χ1v) is 9.89. The molecule has 11 heteroatoms. The van der Waals surface area contributed by atoms with Crippen molar-refractivity contribution in [2.75, 3.05) is 22.0 Å². The molecule has 0 radical (unpaired) electrons. The van der Waals surface area contributed by atoms with Crippen molar-refractivity contribution in [2.24, 2.45) is 0 Å². The fourth-order valence-corrected chi connectivity index (χ4v) is 3.19. The van der Waals surface area contributed by atoms with Crippen molar-refractivity contribution < 1.29 is 8.76 Å². The van der Waals surface area contributed by atoms with Crippen LogP contribution in [0.25, 0.3) is 10.9 Å². The van der Waals surface area contributed by atoms with Crippen molar-refractivity contribution in [1.29, 1.82) is 0 Å². The van der Waals surface area contributed by atoms with E-state index in [2.05, 4.69) is 30.8 Å². The van der Waals surface area contributed by atoms with E-state index in [-0.39, 0.29) is 0 Å². The lowest BCUT2D eigenvalue weighted by Gasteiger charge is -2.19. The van der Waals surface area contributed by atoms with Gasteiger partial charge in [0.15, 0.2) is 5.82 Å². The van der Waals surface area contributed by atoms with Gasteiger partial charge in [0, 0.05) is 18.1 Å². The zero-order chi connectivity index (χ0) is 20.4. The summed E-state index contributed by atoms with van der Waals surface area (Å²) in [5, 5.41) is 14.4. The number of anilines is 5. The number of aromatic amines is 1. The third-order valence-electron chi connectivity index (χ3n) is 4.17. The molecule has 2 heterocycles. The number of para-hydroxylation sites is 2. The van der Waals surface area contributed by atoms with Crippen LogP contribution < -0.4 is 14.9 Å². The van der Waals surface area contributed by atoms with Gasteiger partial charge in [-0.15, -0.1) is 0 Å². The van der Waals surface area contributed by atoms with E-state index in [9.17, 15) is 8.76 Å². The van der Waals surface area contributed by atoms with Crippen LogP contribution in [0.15, 0.2) is 54.9 Å². The number of rotatable bonds is 6. The number of benzene rings is 2. The highest BCUT2D eigenvalue weighted by Gasteiger charge is 2.14. The van der Waals surface area contributed by atoms with Crippen LogP contribution in [0.5, 0.6) is 0 Å². The number of hydrogen-bond donors (Lipinski definition) is 4. The van der Waals surface area contributed by atoms with Gasteiger partial charge in [-0.2, -0.15) is 10.1 Å². The van der Waals surface area contributed by atoms with E-state index in [1.165, 1.54) is 17.5 Å². The lowest BCUT2D eigenvalue weighted by Crippen LogP contribution is -2.20. The van der Waals surface area contributed by atoms with Crippen molar-refractivity contribution >= 4 is 62.6 Å². The molecule has 0 aliphatic carbocycles. The summed E-state index contributed by atoms with van der Waals surface area (Å²) in [7, 11) is 1.51. The number of nitrogens with zero attached hydrogens (tertiary/aromatic N) is 4. The molecule has 1 unspecified atom stereocenters.